The van der Waals surface area contributed by atoms with Gasteiger partial charge in [0, 0.05) is 12.7 Å². The minimum Gasteiger partial charge on any atom is -0.489 e. The highest BCUT2D eigenvalue weighted by atomic mass is 19.1. The van der Waals surface area contributed by atoms with Crippen LogP contribution in [0.5, 0.6) is 5.75 Å². The van der Waals surface area contributed by atoms with Gasteiger partial charge in [0.15, 0.2) is 5.76 Å². The first-order valence-corrected chi connectivity index (χ1v) is 7.11. The molecule has 0 spiro atoms. The molecule has 116 valence electrons. The van der Waals surface area contributed by atoms with E-state index in [0.717, 1.165) is 19.4 Å². The molecule has 0 saturated carbocycles. The standard InChI is InChI=1S/C16H16FNO4/c17-11-5-6-14(22-10-12-3-1-7-20-12)13(9-11)18-16(19)15-4-2-8-21-15/h2,4-6,8-9,12H,1,3,7,10H2,(H,18,19)/t12-/m0/s1. The van der Waals surface area contributed by atoms with Gasteiger partial charge >= 0.3 is 0 Å². The van der Waals surface area contributed by atoms with Crippen LogP contribution in [0.1, 0.15) is 23.4 Å². The predicted octanol–water partition coefficient (Wildman–Crippen LogP) is 3.23. The smallest absolute Gasteiger partial charge is 0.291 e. The second-order valence-electron chi connectivity index (χ2n) is 5.02. The third kappa shape index (κ3) is 3.46. The molecule has 1 aromatic heterocycles. The fourth-order valence-electron chi connectivity index (χ4n) is 2.28. The van der Waals surface area contributed by atoms with E-state index in [0.29, 0.717) is 12.4 Å². The van der Waals surface area contributed by atoms with E-state index in [1.54, 1.807) is 6.07 Å². The second kappa shape index (κ2) is 6.62. The maximum Gasteiger partial charge on any atom is 0.291 e. The highest BCUT2D eigenvalue weighted by Gasteiger charge is 2.18. The van der Waals surface area contributed by atoms with E-state index in [2.05, 4.69) is 5.32 Å². The molecule has 1 aliphatic rings. The summed E-state index contributed by atoms with van der Waals surface area (Å²) >= 11 is 0. The van der Waals surface area contributed by atoms with Gasteiger partial charge in [-0.1, -0.05) is 0 Å². The maximum atomic E-state index is 13.4. The Morgan fingerprint density at radius 1 is 1.41 bits per heavy atom. The summed E-state index contributed by atoms with van der Waals surface area (Å²) in [5.41, 5.74) is 0.263. The Hall–Kier alpha value is -2.34. The fraction of sp³-hybridized carbons (Fsp3) is 0.312. The van der Waals surface area contributed by atoms with E-state index < -0.39 is 11.7 Å². The molecule has 1 fully saturated rings. The number of benzene rings is 1. The third-order valence-electron chi connectivity index (χ3n) is 3.38. The molecule has 1 saturated heterocycles. The lowest BCUT2D eigenvalue weighted by molar-refractivity contribution is 0.0681. The molecule has 1 amide bonds. The number of hydrogen-bond acceptors (Lipinski definition) is 4. The second-order valence-corrected chi connectivity index (χ2v) is 5.02. The zero-order valence-electron chi connectivity index (χ0n) is 11.9. The average Bonchev–Trinajstić information content (AvgIpc) is 3.20. The van der Waals surface area contributed by atoms with Crippen LogP contribution in [-0.4, -0.2) is 25.2 Å². The minimum atomic E-state index is -0.461. The first kappa shape index (κ1) is 14.6. The molecule has 0 unspecified atom stereocenters. The average molecular weight is 305 g/mol. The number of hydrogen-bond donors (Lipinski definition) is 1. The maximum absolute atomic E-state index is 13.4. The Morgan fingerprint density at radius 3 is 3.05 bits per heavy atom. The molecule has 1 N–H and O–H groups in total. The molecule has 0 aliphatic carbocycles. The van der Waals surface area contributed by atoms with E-state index in [1.807, 2.05) is 0 Å². The van der Waals surface area contributed by atoms with Crippen molar-refractivity contribution >= 4 is 11.6 Å². The topological polar surface area (TPSA) is 60.7 Å². The van der Waals surface area contributed by atoms with Crippen LogP contribution in [0.25, 0.3) is 0 Å². The Morgan fingerprint density at radius 2 is 2.32 bits per heavy atom. The molecular weight excluding hydrogens is 289 g/mol. The molecule has 5 nitrogen and oxygen atoms in total. The van der Waals surface area contributed by atoms with Gasteiger partial charge in [0.05, 0.1) is 18.1 Å². The summed E-state index contributed by atoms with van der Waals surface area (Å²) in [6.45, 7) is 1.11. The van der Waals surface area contributed by atoms with E-state index in [-0.39, 0.29) is 17.6 Å². The van der Waals surface area contributed by atoms with Crippen molar-refractivity contribution in [1.29, 1.82) is 0 Å². The van der Waals surface area contributed by atoms with Crippen LogP contribution in [0.15, 0.2) is 41.0 Å². The van der Waals surface area contributed by atoms with Crippen molar-refractivity contribution in [3.8, 4) is 5.75 Å². The highest BCUT2D eigenvalue weighted by Crippen LogP contribution is 2.27. The number of ether oxygens (including phenoxy) is 2. The Kier molecular flexibility index (Phi) is 4.39. The van der Waals surface area contributed by atoms with Gasteiger partial charge in [-0.15, -0.1) is 0 Å². The van der Waals surface area contributed by atoms with Crippen molar-refractivity contribution < 1.29 is 23.1 Å². The number of furan rings is 1. The predicted molar refractivity (Wildman–Crippen MR) is 77.5 cm³/mol. The molecule has 1 atom stereocenters. The minimum absolute atomic E-state index is 0.0404. The van der Waals surface area contributed by atoms with Gasteiger partial charge in [0.2, 0.25) is 0 Å². The SMILES string of the molecule is O=C(Nc1cc(F)ccc1OC[C@@H]1CCCO1)c1ccco1. The highest BCUT2D eigenvalue weighted by molar-refractivity contribution is 6.03. The summed E-state index contributed by atoms with van der Waals surface area (Å²) in [5, 5.41) is 2.59. The zero-order chi connectivity index (χ0) is 15.4. The first-order valence-electron chi connectivity index (χ1n) is 7.11. The summed E-state index contributed by atoms with van der Waals surface area (Å²) in [5.74, 6) is -0.372. The van der Waals surface area contributed by atoms with Crippen LogP contribution >= 0.6 is 0 Å². The van der Waals surface area contributed by atoms with Gasteiger partial charge in [0.25, 0.3) is 5.91 Å². The summed E-state index contributed by atoms with van der Waals surface area (Å²) in [6.07, 6.45) is 3.39. The summed E-state index contributed by atoms with van der Waals surface area (Å²) < 4.78 is 29.6. The normalized spacial score (nSPS) is 17.4. The van der Waals surface area contributed by atoms with Crippen LogP contribution in [0.2, 0.25) is 0 Å². The van der Waals surface area contributed by atoms with Crippen molar-refractivity contribution in [3.63, 3.8) is 0 Å². The van der Waals surface area contributed by atoms with Crippen molar-refractivity contribution in [2.45, 2.75) is 18.9 Å². The molecule has 6 heteroatoms. The zero-order valence-corrected chi connectivity index (χ0v) is 11.9. The third-order valence-corrected chi connectivity index (χ3v) is 3.38. The van der Waals surface area contributed by atoms with E-state index in [9.17, 15) is 9.18 Å². The lowest BCUT2D eigenvalue weighted by Gasteiger charge is -2.15. The van der Waals surface area contributed by atoms with Crippen molar-refractivity contribution in [2.24, 2.45) is 0 Å². The number of rotatable bonds is 5. The van der Waals surface area contributed by atoms with Crippen LogP contribution in [0.4, 0.5) is 10.1 Å². The van der Waals surface area contributed by atoms with Gasteiger partial charge in [-0.3, -0.25) is 4.79 Å². The molecule has 2 heterocycles. The number of halogens is 1. The Balaban J connectivity index is 1.71. The molecule has 0 radical (unpaired) electrons. The molecule has 1 aromatic carbocycles. The number of carbonyl (C=O) groups excluding carboxylic acids is 1. The van der Waals surface area contributed by atoms with Gasteiger partial charge in [-0.2, -0.15) is 0 Å². The fourth-order valence-corrected chi connectivity index (χ4v) is 2.28. The molecule has 0 bridgehead atoms. The number of amides is 1. The molecule has 1 aliphatic heterocycles. The van der Waals surface area contributed by atoms with Crippen molar-refractivity contribution in [1.82, 2.24) is 0 Å². The molecule has 2 aromatic rings. The van der Waals surface area contributed by atoms with E-state index >= 15 is 0 Å². The Labute approximate surface area is 127 Å². The summed E-state index contributed by atoms with van der Waals surface area (Å²) in [4.78, 5) is 12.0. The lowest BCUT2D eigenvalue weighted by Crippen LogP contribution is -2.18. The van der Waals surface area contributed by atoms with Crippen LogP contribution in [0, 0.1) is 5.82 Å². The lowest BCUT2D eigenvalue weighted by atomic mass is 10.2. The van der Waals surface area contributed by atoms with E-state index in [4.69, 9.17) is 13.9 Å². The number of carbonyl (C=O) groups is 1. The summed E-state index contributed by atoms with van der Waals surface area (Å²) in [7, 11) is 0. The van der Waals surface area contributed by atoms with E-state index in [1.165, 1.54) is 30.5 Å². The molecule has 22 heavy (non-hydrogen) atoms. The largest absolute Gasteiger partial charge is 0.489 e. The Bertz CT molecular complexity index is 636. The first-order chi connectivity index (χ1) is 10.7. The molecule has 3 rings (SSSR count). The van der Waals surface area contributed by atoms with Crippen LogP contribution in [-0.2, 0) is 4.74 Å². The number of anilines is 1. The quantitative estimate of drug-likeness (QED) is 0.921. The molecular formula is C16H16FNO4. The van der Waals surface area contributed by atoms with Gasteiger partial charge in [-0.25, -0.2) is 4.39 Å². The van der Waals surface area contributed by atoms with Gasteiger partial charge < -0.3 is 19.2 Å². The number of nitrogens with one attached hydrogen (secondary N) is 1. The van der Waals surface area contributed by atoms with Gasteiger partial charge in [0.1, 0.15) is 18.2 Å². The van der Waals surface area contributed by atoms with Gasteiger partial charge in [-0.05, 0) is 37.1 Å². The monoisotopic (exact) mass is 305 g/mol. The van der Waals surface area contributed by atoms with Crippen molar-refractivity contribution in [2.75, 3.05) is 18.5 Å². The summed E-state index contributed by atoms with van der Waals surface area (Å²) in [6, 6.07) is 7.12. The van der Waals surface area contributed by atoms with Crippen molar-refractivity contribution in [3.05, 3.63) is 48.2 Å². The van der Waals surface area contributed by atoms with Crippen LogP contribution in [0.3, 0.4) is 0 Å². The van der Waals surface area contributed by atoms with Crippen LogP contribution < -0.4 is 10.1 Å².